The van der Waals surface area contributed by atoms with Crippen LogP contribution in [0, 0.1) is 17.1 Å². The molecule has 0 fully saturated rings. The third kappa shape index (κ3) is 3.04. The number of fused-ring (bicyclic) bond motifs is 1. The first kappa shape index (κ1) is 16.2. The van der Waals surface area contributed by atoms with Crippen LogP contribution in [-0.4, -0.2) is 37.2 Å². The fourth-order valence-corrected chi connectivity index (χ4v) is 2.51. The molecule has 0 radical (unpaired) electrons. The van der Waals surface area contributed by atoms with Crippen molar-refractivity contribution in [2.45, 2.75) is 32.4 Å². The van der Waals surface area contributed by atoms with Crippen LogP contribution in [0.5, 0.6) is 5.75 Å². The summed E-state index contributed by atoms with van der Waals surface area (Å²) in [7, 11) is 1.42. The lowest BCUT2D eigenvalue weighted by molar-refractivity contribution is 0.0610. The zero-order valence-corrected chi connectivity index (χ0v) is 12.9. The van der Waals surface area contributed by atoms with Gasteiger partial charge in [-0.15, -0.1) is 0 Å². The molecule has 1 amide bonds. The summed E-state index contributed by atoms with van der Waals surface area (Å²) in [6.07, 6.45) is 0.703. The topological polar surface area (TPSA) is 62.6 Å². The highest BCUT2D eigenvalue weighted by Crippen LogP contribution is 2.37. The van der Waals surface area contributed by atoms with Crippen molar-refractivity contribution in [3.8, 4) is 11.8 Å². The van der Waals surface area contributed by atoms with E-state index in [1.807, 2.05) is 13.8 Å². The van der Waals surface area contributed by atoms with E-state index in [0.29, 0.717) is 30.9 Å². The molecule has 0 spiro atoms. The largest absolute Gasteiger partial charge is 0.497 e. The Morgan fingerprint density at radius 3 is 2.77 bits per heavy atom. The minimum absolute atomic E-state index is 0.0304. The van der Waals surface area contributed by atoms with Crippen LogP contribution in [0.4, 0.5) is 4.39 Å². The van der Waals surface area contributed by atoms with Gasteiger partial charge < -0.3 is 14.4 Å². The van der Waals surface area contributed by atoms with Crippen LogP contribution in [0.25, 0.3) is 0 Å². The Kier molecular flexibility index (Phi) is 4.99. The van der Waals surface area contributed by atoms with Gasteiger partial charge in [-0.1, -0.05) is 0 Å². The molecule has 1 heterocycles. The molecule has 0 saturated heterocycles. The molecule has 0 saturated carbocycles. The number of nitriles is 1. The smallest absolute Gasteiger partial charge is 0.258 e. The van der Waals surface area contributed by atoms with Crippen LogP contribution < -0.4 is 4.74 Å². The minimum atomic E-state index is -0.786. The van der Waals surface area contributed by atoms with E-state index >= 15 is 0 Å². The first-order valence-corrected chi connectivity index (χ1v) is 7.19. The average molecular weight is 306 g/mol. The quantitative estimate of drug-likeness (QED) is 0.758. The number of carbonyl (C=O) groups excluding carboxylic acids is 1. The van der Waals surface area contributed by atoms with E-state index in [9.17, 15) is 14.4 Å². The van der Waals surface area contributed by atoms with Gasteiger partial charge in [0.25, 0.3) is 5.91 Å². The Bertz CT molecular complexity index is 610. The molecule has 1 aliphatic rings. The van der Waals surface area contributed by atoms with Crippen LogP contribution in [0.2, 0.25) is 0 Å². The first-order chi connectivity index (χ1) is 10.5. The Morgan fingerprint density at radius 2 is 2.18 bits per heavy atom. The second kappa shape index (κ2) is 6.75. The molecule has 118 valence electrons. The van der Waals surface area contributed by atoms with Crippen molar-refractivity contribution in [2.24, 2.45) is 0 Å². The van der Waals surface area contributed by atoms with E-state index < -0.39 is 17.8 Å². The lowest BCUT2D eigenvalue weighted by Crippen LogP contribution is -2.29. The van der Waals surface area contributed by atoms with Crippen molar-refractivity contribution < 1.29 is 18.7 Å². The summed E-state index contributed by atoms with van der Waals surface area (Å²) in [6.45, 7) is 4.69. The number of halogens is 1. The maximum Gasteiger partial charge on any atom is 0.258 e. The van der Waals surface area contributed by atoms with Crippen molar-refractivity contribution in [3.05, 3.63) is 29.1 Å². The SMILES string of the molecule is COc1cc(F)c2c(c1)C(C#N)N(CCCOC(C)C)C2=O. The van der Waals surface area contributed by atoms with Crippen LogP contribution in [0.1, 0.15) is 42.2 Å². The van der Waals surface area contributed by atoms with Gasteiger partial charge >= 0.3 is 0 Å². The minimum Gasteiger partial charge on any atom is -0.497 e. The molecule has 1 aliphatic heterocycles. The number of hydrogen-bond acceptors (Lipinski definition) is 4. The van der Waals surface area contributed by atoms with Gasteiger partial charge in [0.1, 0.15) is 17.6 Å². The van der Waals surface area contributed by atoms with E-state index in [-0.39, 0.29) is 11.7 Å². The summed E-state index contributed by atoms with van der Waals surface area (Å²) in [4.78, 5) is 13.8. The Hall–Kier alpha value is -2.13. The normalized spacial score (nSPS) is 16.8. The molecule has 22 heavy (non-hydrogen) atoms. The van der Waals surface area contributed by atoms with Crippen molar-refractivity contribution in [1.29, 1.82) is 5.26 Å². The molecule has 1 aromatic carbocycles. The molecule has 0 bridgehead atoms. The molecule has 1 unspecified atom stereocenters. The van der Waals surface area contributed by atoms with Crippen molar-refractivity contribution in [2.75, 3.05) is 20.3 Å². The highest BCUT2D eigenvalue weighted by Gasteiger charge is 2.39. The highest BCUT2D eigenvalue weighted by molar-refractivity contribution is 6.00. The summed E-state index contributed by atoms with van der Waals surface area (Å²) in [5, 5.41) is 9.36. The highest BCUT2D eigenvalue weighted by atomic mass is 19.1. The Morgan fingerprint density at radius 1 is 1.45 bits per heavy atom. The van der Waals surface area contributed by atoms with Crippen LogP contribution in [0.15, 0.2) is 12.1 Å². The molecule has 2 rings (SSSR count). The van der Waals surface area contributed by atoms with Gasteiger partial charge in [0.2, 0.25) is 0 Å². The van der Waals surface area contributed by atoms with Gasteiger partial charge in [0.05, 0.1) is 24.8 Å². The predicted octanol–water partition coefficient (Wildman–Crippen LogP) is 2.67. The molecular formula is C16H19FN2O3. The Balaban J connectivity index is 2.19. The van der Waals surface area contributed by atoms with Gasteiger partial charge in [-0.2, -0.15) is 5.26 Å². The lowest BCUT2D eigenvalue weighted by Gasteiger charge is -2.20. The fraction of sp³-hybridized carbons (Fsp3) is 0.500. The Labute approximate surface area is 129 Å². The third-order valence-corrected chi connectivity index (χ3v) is 3.53. The van der Waals surface area contributed by atoms with E-state index in [4.69, 9.17) is 9.47 Å². The van der Waals surface area contributed by atoms with Gasteiger partial charge in [-0.3, -0.25) is 4.79 Å². The molecular weight excluding hydrogens is 287 g/mol. The first-order valence-electron chi connectivity index (χ1n) is 7.19. The number of hydrogen-bond donors (Lipinski definition) is 0. The standard InChI is InChI=1S/C16H19FN2O3/c1-10(2)22-6-4-5-19-14(9-18)12-7-11(21-3)8-13(17)15(12)16(19)20/h7-8,10,14H,4-6H2,1-3H3. The molecule has 6 heteroatoms. The monoisotopic (exact) mass is 306 g/mol. The number of ether oxygens (including phenoxy) is 2. The van der Waals surface area contributed by atoms with Crippen LogP contribution >= 0.6 is 0 Å². The number of nitrogens with zero attached hydrogens (tertiary/aromatic N) is 2. The maximum absolute atomic E-state index is 14.1. The number of rotatable bonds is 6. The van der Waals surface area contributed by atoms with Gasteiger partial charge in [0, 0.05) is 24.8 Å². The zero-order valence-electron chi connectivity index (χ0n) is 12.9. The van der Waals surface area contributed by atoms with Crippen LogP contribution in [0.3, 0.4) is 0 Å². The number of carbonyl (C=O) groups is 1. The maximum atomic E-state index is 14.1. The average Bonchev–Trinajstić information content (AvgIpc) is 2.75. The summed E-state index contributed by atoms with van der Waals surface area (Å²) in [6, 6.07) is 4.00. The second-order valence-corrected chi connectivity index (χ2v) is 5.38. The molecule has 1 aromatic rings. The molecule has 0 N–H and O–H groups in total. The van der Waals surface area contributed by atoms with Crippen molar-refractivity contribution in [3.63, 3.8) is 0 Å². The van der Waals surface area contributed by atoms with E-state index in [1.165, 1.54) is 12.0 Å². The predicted molar refractivity (Wildman–Crippen MR) is 78.0 cm³/mol. The number of amides is 1. The second-order valence-electron chi connectivity index (χ2n) is 5.38. The number of benzene rings is 1. The van der Waals surface area contributed by atoms with Crippen molar-refractivity contribution in [1.82, 2.24) is 4.90 Å². The molecule has 1 atom stereocenters. The van der Waals surface area contributed by atoms with Crippen molar-refractivity contribution >= 4 is 5.91 Å². The summed E-state index contributed by atoms with van der Waals surface area (Å²) < 4.78 is 24.5. The lowest BCUT2D eigenvalue weighted by atomic mass is 10.0. The summed E-state index contributed by atoms with van der Waals surface area (Å²) >= 11 is 0. The summed E-state index contributed by atoms with van der Waals surface area (Å²) in [5.74, 6) is -0.805. The van der Waals surface area contributed by atoms with Crippen LogP contribution in [-0.2, 0) is 4.74 Å². The molecule has 0 aliphatic carbocycles. The number of methoxy groups -OCH3 is 1. The van der Waals surface area contributed by atoms with Gasteiger partial charge in [-0.25, -0.2) is 4.39 Å². The fourth-order valence-electron chi connectivity index (χ4n) is 2.51. The van der Waals surface area contributed by atoms with E-state index in [1.54, 1.807) is 6.07 Å². The third-order valence-electron chi connectivity index (χ3n) is 3.53. The van der Waals surface area contributed by atoms with Gasteiger partial charge in [0.15, 0.2) is 0 Å². The van der Waals surface area contributed by atoms with Gasteiger partial charge in [-0.05, 0) is 26.3 Å². The summed E-state index contributed by atoms with van der Waals surface area (Å²) in [5.41, 5.74) is 0.339. The zero-order chi connectivity index (χ0) is 16.3. The van der Waals surface area contributed by atoms with E-state index in [2.05, 4.69) is 6.07 Å². The molecule has 0 aromatic heterocycles. The van der Waals surface area contributed by atoms with E-state index in [0.717, 1.165) is 6.07 Å². The molecule has 5 nitrogen and oxygen atoms in total.